The molecule has 0 bridgehead atoms. The number of ether oxygens (including phenoxy) is 1. The Kier molecular flexibility index (Phi) is 6.59. The number of hydrogen-bond acceptors (Lipinski definition) is 6. The lowest BCUT2D eigenvalue weighted by atomic mass is 9.93. The van der Waals surface area contributed by atoms with Gasteiger partial charge in [-0.05, 0) is 52.2 Å². The van der Waals surface area contributed by atoms with Gasteiger partial charge in [-0.3, -0.25) is 4.79 Å². The summed E-state index contributed by atoms with van der Waals surface area (Å²) in [5, 5.41) is 40.8. The van der Waals surface area contributed by atoms with Gasteiger partial charge in [0.15, 0.2) is 5.78 Å². The van der Waals surface area contributed by atoms with Gasteiger partial charge in [-0.15, -0.1) is 0 Å². The number of benzene rings is 2. The quantitative estimate of drug-likeness (QED) is 0.459. The Morgan fingerprint density at radius 2 is 1.81 bits per heavy atom. The van der Waals surface area contributed by atoms with Crippen LogP contribution in [0.2, 0.25) is 0 Å². The topological polar surface area (TPSA) is 107 Å². The highest BCUT2D eigenvalue weighted by atomic mass is 16.5. The van der Waals surface area contributed by atoms with Crippen LogP contribution in [0.3, 0.4) is 0 Å². The van der Waals surface area contributed by atoms with Gasteiger partial charge < -0.3 is 25.2 Å². The molecule has 3 rings (SSSR count). The predicted octanol–water partition coefficient (Wildman–Crippen LogP) is 5.45. The highest BCUT2D eigenvalue weighted by Gasteiger charge is 2.32. The van der Waals surface area contributed by atoms with E-state index in [4.69, 9.17) is 4.74 Å². The lowest BCUT2D eigenvalue weighted by Crippen LogP contribution is -2.20. The number of phenolic OH excluding ortho intramolecular Hbond substituents is 4. The molecule has 0 spiro atoms. The van der Waals surface area contributed by atoms with Gasteiger partial charge in [-0.25, -0.2) is 0 Å². The smallest absolute Gasteiger partial charge is 0.174 e. The van der Waals surface area contributed by atoms with Crippen LogP contribution >= 0.6 is 0 Å². The molecule has 6 nitrogen and oxygen atoms in total. The van der Waals surface area contributed by atoms with E-state index in [9.17, 15) is 25.2 Å². The van der Waals surface area contributed by atoms with Gasteiger partial charge in [-0.2, -0.15) is 0 Å². The van der Waals surface area contributed by atoms with E-state index in [2.05, 4.69) is 19.9 Å². The van der Waals surface area contributed by atoms with Gasteiger partial charge in [-0.1, -0.05) is 23.3 Å². The molecule has 31 heavy (non-hydrogen) atoms. The number of carbonyl (C=O) groups is 1. The first-order valence-corrected chi connectivity index (χ1v) is 10.3. The molecular weight excluding hydrogens is 396 g/mol. The monoisotopic (exact) mass is 424 g/mol. The molecule has 2 aromatic carbocycles. The van der Waals surface area contributed by atoms with Crippen molar-refractivity contribution in [3.05, 3.63) is 64.3 Å². The van der Waals surface area contributed by atoms with Gasteiger partial charge >= 0.3 is 0 Å². The maximum Gasteiger partial charge on any atom is 0.174 e. The predicted molar refractivity (Wildman–Crippen MR) is 118 cm³/mol. The van der Waals surface area contributed by atoms with Crippen molar-refractivity contribution in [2.75, 3.05) is 0 Å². The fourth-order valence-electron chi connectivity index (χ4n) is 3.67. The minimum atomic E-state index is -0.803. The van der Waals surface area contributed by atoms with Crippen LogP contribution in [0.25, 0.3) is 0 Å². The Morgan fingerprint density at radius 3 is 2.52 bits per heavy atom. The molecular formula is C25H28O6. The van der Waals surface area contributed by atoms with Gasteiger partial charge in [0.2, 0.25) is 0 Å². The van der Waals surface area contributed by atoms with E-state index in [0.717, 1.165) is 24.5 Å². The Balaban J connectivity index is 1.85. The second-order valence-corrected chi connectivity index (χ2v) is 8.15. The number of rotatable bonds is 6. The summed E-state index contributed by atoms with van der Waals surface area (Å²) in [7, 11) is 0. The molecule has 0 saturated carbocycles. The van der Waals surface area contributed by atoms with E-state index in [1.807, 2.05) is 13.0 Å². The van der Waals surface area contributed by atoms with Gasteiger partial charge in [0, 0.05) is 23.3 Å². The van der Waals surface area contributed by atoms with Crippen molar-refractivity contribution in [1.82, 2.24) is 0 Å². The third kappa shape index (κ3) is 5.02. The summed E-state index contributed by atoms with van der Waals surface area (Å²) in [5.41, 5.74) is 3.15. The molecule has 0 unspecified atom stereocenters. The third-order valence-electron chi connectivity index (χ3n) is 5.37. The molecule has 2 aromatic rings. The molecule has 0 radical (unpaired) electrons. The zero-order chi connectivity index (χ0) is 22.7. The second kappa shape index (κ2) is 9.16. The Morgan fingerprint density at radius 1 is 1.06 bits per heavy atom. The van der Waals surface area contributed by atoms with Crippen LogP contribution in [0, 0.1) is 0 Å². The molecule has 1 aliphatic rings. The minimum Gasteiger partial charge on any atom is -0.508 e. The van der Waals surface area contributed by atoms with Crippen LogP contribution in [0.5, 0.6) is 28.7 Å². The van der Waals surface area contributed by atoms with Crippen molar-refractivity contribution in [3.8, 4) is 28.7 Å². The van der Waals surface area contributed by atoms with Crippen molar-refractivity contribution in [3.63, 3.8) is 0 Å². The van der Waals surface area contributed by atoms with Gasteiger partial charge in [0.1, 0.15) is 40.4 Å². The summed E-state index contributed by atoms with van der Waals surface area (Å²) in [6.07, 6.45) is 5.40. The number of Topliss-reactive ketones (excluding diaryl/α,β-unsaturated/α-hetero) is 1. The van der Waals surface area contributed by atoms with Crippen LogP contribution in [0.1, 0.15) is 67.6 Å². The molecule has 0 aromatic heterocycles. The first kappa shape index (κ1) is 22.3. The molecule has 164 valence electrons. The number of aromatic hydroxyl groups is 4. The summed E-state index contributed by atoms with van der Waals surface area (Å²) in [6.45, 7) is 6.12. The molecule has 0 amide bonds. The van der Waals surface area contributed by atoms with Crippen molar-refractivity contribution in [1.29, 1.82) is 0 Å². The second-order valence-electron chi connectivity index (χ2n) is 8.15. The van der Waals surface area contributed by atoms with E-state index < -0.39 is 6.10 Å². The number of phenols is 4. The van der Waals surface area contributed by atoms with Crippen molar-refractivity contribution in [2.45, 2.75) is 52.6 Å². The van der Waals surface area contributed by atoms with Crippen molar-refractivity contribution >= 4 is 5.78 Å². The summed E-state index contributed by atoms with van der Waals surface area (Å²) in [6, 6.07) is 5.34. The number of allylic oxidation sites excluding steroid dienone is 4. The zero-order valence-corrected chi connectivity index (χ0v) is 18.0. The first-order chi connectivity index (χ1) is 14.7. The van der Waals surface area contributed by atoms with Gasteiger partial charge in [0.25, 0.3) is 0 Å². The molecule has 0 aliphatic carbocycles. The lowest BCUT2D eigenvalue weighted by molar-refractivity contribution is 0.0842. The van der Waals surface area contributed by atoms with Crippen LogP contribution in [0.4, 0.5) is 0 Å². The van der Waals surface area contributed by atoms with E-state index in [-0.39, 0.29) is 46.5 Å². The molecule has 0 saturated heterocycles. The maximum atomic E-state index is 12.6. The molecule has 1 heterocycles. The zero-order valence-electron chi connectivity index (χ0n) is 18.0. The Labute approximate surface area is 181 Å². The minimum absolute atomic E-state index is 0.0162. The molecule has 0 fully saturated rings. The highest BCUT2D eigenvalue weighted by Crippen LogP contribution is 2.44. The van der Waals surface area contributed by atoms with Crippen LogP contribution in [-0.4, -0.2) is 26.2 Å². The van der Waals surface area contributed by atoms with E-state index in [0.29, 0.717) is 17.5 Å². The van der Waals surface area contributed by atoms with Crippen molar-refractivity contribution in [2.24, 2.45) is 0 Å². The van der Waals surface area contributed by atoms with Crippen LogP contribution in [0.15, 0.2) is 47.6 Å². The SMILES string of the molecule is CC(C)=CCCC(C)=CCc1c(O)ccc([C@@H]2CC(=O)c3c(O)cc(O)cc3O2)c1O. The Hall–Kier alpha value is -3.41. The number of carbonyl (C=O) groups excluding carboxylic acids is 1. The summed E-state index contributed by atoms with van der Waals surface area (Å²) < 4.78 is 5.82. The molecule has 4 N–H and O–H groups in total. The average molecular weight is 424 g/mol. The fraction of sp³-hybridized carbons (Fsp3) is 0.320. The number of hydrogen-bond donors (Lipinski definition) is 4. The lowest BCUT2D eigenvalue weighted by Gasteiger charge is -2.27. The van der Waals surface area contributed by atoms with E-state index >= 15 is 0 Å². The fourth-order valence-corrected chi connectivity index (χ4v) is 3.67. The largest absolute Gasteiger partial charge is 0.508 e. The normalized spacial score (nSPS) is 15.9. The molecule has 1 aliphatic heterocycles. The number of ketones is 1. The van der Waals surface area contributed by atoms with Crippen LogP contribution in [-0.2, 0) is 6.42 Å². The number of fused-ring (bicyclic) bond motifs is 1. The standard InChI is InChI=1S/C25H28O6/c1-14(2)5-4-6-15(3)7-8-17-19(27)10-9-18(25(17)30)22-13-21(29)24-20(28)11-16(26)12-23(24)31-22/h5,7,9-12,22,26-28,30H,4,6,8,13H2,1-3H3/t22-/m0/s1. The third-order valence-corrected chi connectivity index (χ3v) is 5.37. The summed E-state index contributed by atoms with van der Waals surface area (Å²) in [4.78, 5) is 12.6. The molecule has 1 atom stereocenters. The van der Waals surface area contributed by atoms with Crippen molar-refractivity contribution < 1.29 is 30.0 Å². The van der Waals surface area contributed by atoms with Crippen LogP contribution < -0.4 is 4.74 Å². The van der Waals surface area contributed by atoms with E-state index in [1.165, 1.54) is 23.8 Å². The summed E-state index contributed by atoms with van der Waals surface area (Å²) >= 11 is 0. The van der Waals surface area contributed by atoms with E-state index in [1.54, 1.807) is 0 Å². The average Bonchev–Trinajstić information content (AvgIpc) is 2.66. The van der Waals surface area contributed by atoms with Gasteiger partial charge in [0.05, 0.1) is 6.42 Å². The molecule has 6 heteroatoms. The maximum absolute atomic E-state index is 12.6. The Bertz CT molecular complexity index is 1060. The highest BCUT2D eigenvalue weighted by molar-refractivity contribution is 6.02. The first-order valence-electron chi connectivity index (χ1n) is 10.3. The summed E-state index contributed by atoms with van der Waals surface area (Å²) in [5.74, 6) is -1.03.